The van der Waals surface area contributed by atoms with Crippen LogP contribution in [0.1, 0.15) is 16.7 Å². The number of ether oxygens (including phenoxy) is 2. The molecule has 3 heteroatoms. The first kappa shape index (κ1) is 17.8. The third kappa shape index (κ3) is 4.21. The Morgan fingerprint density at radius 3 is 1.93 bits per heavy atom. The minimum absolute atomic E-state index is 0.307. The smallest absolute Gasteiger partial charge is 0.104 e. The normalized spacial score (nSPS) is 15.6. The summed E-state index contributed by atoms with van der Waals surface area (Å²) in [6, 6.07) is 25.6. The summed E-state index contributed by atoms with van der Waals surface area (Å²) in [6.45, 7) is 6.45. The zero-order chi connectivity index (χ0) is 18.6. The largest absolute Gasteiger partial charge is 0.374 e. The molecule has 1 saturated heterocycles. The van der Waals surface area contributed by atoms with Crippen LogP contribution in [0.15, 0.2) is 72.8 Å². The van der Waals surface area contributed by atoms with Crippen molar-refractivity contribution in [3.63, 3.8) is 0 Å². The van der Waals surface area contributed by atoms with Crippen LogP contribution in [0.2, 0.25) is 0 Å². The van der Waals surface area contributed by atoms with E-state index >= 15 is 0 Å². The number of benzene rings is 3. The minimum atomic E-state index is 0.307. The lowest BCUT2D eigenvalue weighted by Crippen LogP contribution is -2.12. The molecule has 1 unspecified atom stereocenters. The average Bonchev–Trinajstić information content (AvgIpc) is 3.50. The van der Waals surface area contributed by atoms with Crippen LogP contribution >= 0.6 is 0 Å². The van der Waals surface area contributed by atoms with Crippen LogP contribution in [0, 0.1) is 13.8 Å². The number of aryl methyl sites for hydroxylation is 2. The number of hydrogen-bond acceptors (Lipinski definition) is 3. The van der Waals surface area contributed by atoms with Gasteiger partial charge in [0.15, 0.2) is 0 Å². The molecule has 4 rings (SSSR count). The quantitative estimate of drug-likeness (QED) is 0.507. The van der Waals surface area contributed by atoms with E-state index in [1.165, 1.54) is 28.1 Å². The molecule has 27 heavy (non-hydrogen) atoms. The van der Waals surface area contributed by atoms with Gasteiger partial charge in [0.05, 0.1) is 19.8 Å². The molecule has 0 N–H and O–H groups in total. The fourth-order valence-electron chi connectivity index (χ4n) is 3.25. The van der Waals surface area contributed by atoms with Crippen molar-refractivity contribution < 1.29 is 9.47 Å². The van der Waals surface area contributed by atoms with Crippen molar-refractivity contribution >= 4 is 17.1 Å². The van der Waals surface area contributed by atoms with Gasteiger partial charge in [-0.15, -0.1) is 0 Å². The first-order valence-electron chi connectivity index (χ1n) is 9.42. The summed E-state index contributed by atoms with van der Waals surface area (Å²) < 4.78 is 10.9. The molecule has 0 spiro atoms. The van der Waals surface area contributed by atoms with Gasteiger partial charge in [0.2, 0.25) is 0 Å². The fraction of sp³-hybridized carbons (Fsp3) is 0.250. The Morgan fingerprint density at radius 2 is 1.41 bits per heavy atom. The molecule has 3 nitrogen and oxygen atoms in total. The van der Waals surface area contributed by atoms with Gasteiger partial charge in [0.1, 0.15) is 6.10 Å². The zero-order valence-corrected chi connectivity index (χ0v) is 15.9. The Morgan fingerprint density at radius 1 is 0.852 bits per heavy atom. The molecular weight excluding hydrogens is 334 g/mol. The molecule has 0 aliphatic carbocycles. The zero-order valence-electron chi connectivity index (χ0n) is 15.9. The summed E-state index contributed by atoms with van der Waals surface area (Å²) in [6.07, 6.45) is 0.307. The third-order valence-corrected chi connectivity index (χ3v) is 4.88. The Hall–Kier alpha value is -2.62. The van der Waals surface area contributed by atoms with Crippen LogP contribution in [0.25, 0.3) is 0 Å². The van der Waals surface area contributed by atoms with Gasteiger partial charge in [-0.1, -0.05) is 48.5 Å². The number of hydrogen-bond donors (Lipinski definition) is 0. The van der Waals surface area contributed by atoms with Crippen molar-refractivity contribution in [1.82, 2.24) is 0 Å². The maximum Gasteiger partial charge on any atom is 0.104 e. The second-order valence-corrected chi connectivity index (χ2v) is 7.05. The number of rotatable bonds is 7. The van der Waals surface area contributed by atoms with E-state index < -0.39 is 0 Å². The molecule has 1 aliphatic rings. The molecule has 1 atom stereocenters. The van der Waals surface area contributed by atoms with Crippen molar-refractivity contribution in [2.24, 2.45) is 0 Å². The number of nitrogens with zero attached hydrogens (tertiary/aromatic N) is 1. The van der Waals surface area contributed by atoms with Crippen LogP contribution < -0.4 is 4.90 Å². The third-order valence-electron chi connectivity index (χ3n) is 4.88. The van der Waals surface area contributed by atoms with Crippen LogP contribution in [0.5, 0.6) is 0 Å². The summed E-state index contributed by atoms with van der Waals surface area (Å²) in [7, 11) is 0. The maximum absolute atomic E-state index is 5.71. The van der Waals surface area contributed by atoms with Gasteiger partial charge in [-0.2, -0.15) is 0 Å². The topological polar surface area (TPSA) is 25.0 Å². The molecule has 1 heterocycles. The van der Waals surface area contributed by atoms with E-state index in [2.05, 4.69) is 91.5 Å². The average molecular weight is 359 g/mol. The van der Waals surface area contributed by atoms with Crippen molar-refractivity contribution in [1.29, 1.82) is 0 Å². The lowest BCUT2D eigenvalue weighted by atomic mass is 10.1. The second kappa shape index (κ2) is 7.95. The molecule has 1 fully saturated rings. The van der Waals surface area contributed by atoms with Gasteiger partial charge in [-0.05, 0) is 54.8 Å². The molecule has 0 radical (unpaired) electrons. The minimum Gasteiger partial charge on any atom is -0.374 e. The van der Waals surface area contributed by atoms with Crippen LogP contribution in [0.3, 0.4) is 0 Å². The molecule has 0 bridgehead atoms. The monoisotopic (exact) mass is 359 g/mol. The second-order valence-electron chi connectivity index (χ2n) is 7.05. The van der Waals surface area contributed by atoms with Crippen molar-refractivity contribution in [2.75, 3.05) is 18.1 Å². The lowest BCUT2D eigenvalue weighted by molar-refractivity contribution is 0.104. The van der Waals surface area contributed by atoms with Gasteiger partial charge in [0.25, 0.3) is 0 Å². The summed E-state index contributed by atoms with van der Waals surface area (Å²) in [5.74, 6) is 0. The van der Waals surface area contributed by atoms with E-state index in [-0.39, 0.29) is 0 Å². The Balaban J connectivity index is 1.64. The molecule has 3 aromatic carbocycles. The molecular formula is C24H25NO2. The van der Waals surface area contributed by atoms with E-state index in [0.29, 0.717) is 19.3 Å². The van der Waals surface area contributed by atoms with E-state index in [1.807, 2.05) is 0 Å². The Labute approximate surface area is 161 Å². The van der Waals surface area contributed by atoms with E-state index in [0.717, 1.165) is 12.3 Å². The highest BCUT2D eigenvalue weighted by Gasteiger charge is 2.22. The van der Waals surface area contributed by atoms with Crippen LogP contribution in [-0.2, 0) is 16.1 Å². The predicted octanol–water partition coefficient (Wildman–Crippen LogP) is 5.69. The van der Waals surface area contributed by atoms with Gasteiger partial charge >= 0.3 is 0 Å². The summed E-state index contributed by atoms with van der Waals surface area (Å²) in [4.78, 5) is 2.33. The number of epoxide rings is 1. The Kier molecular flexibility index (Phi) is 5.23. The number of anilines is 3. The molecule has 0 amide bonds. The van der Waals surface area contributed by atoms with Gasteiger partial charge in [-0.3, -0.25) is 0 Å². The lowest BCUT2D eigenvalue weighted by Gasteiger charge is -2.28. The summed E-state index contributed by atoms with van der Waals surface area (Å²) in [5.41, 5.74) is 7.21. The van der Waals surface area contributed by atoms with Gasteiger partial charge in [0, 0.05) is 17.1 Å². The van der Waals surface area contributed by atoms with E-state index in [1.54, 1.807) is 0 Å². The highest BCUT2D eigenvalue weighted by molar-refractivity contribution is 5.79. The van der Waals surface area contributed by atoms with Crippen molar-refractivity contribution in [3.8, 4) is 0 Å². The summed E-state index contributed by atoms with van der Waals surface area (Å²) >= 11 is 0. The molecule has 3 aromatic rings. The summed E-state index contributed by atoms with van der Waals surface area (Å²) in [5, 5.41) is 0. The Bertz CT molecular complexity index is 855. The van der Waals surface area contributed by atoms with Crippen molar-refractivity contribution in [3.05, 3.63) is 89.5 Å². The maximum atomic E-state index is 5.71. The van der Waals surface area contributed by atoms with Crippen LogP contribution in [0.4, 0.5) is 17.1 Å². The molecule has 0 saturated carbocycles. The number of para-hydroxylation sites is 2. The van der Waals surface area contributed by atoms with Crippen molar-refractivity contribution in [2.45, 2.75) is 26.6 Å². The molecule has 138 valence electrons. The first-order valence-corrected chi connectivity index (χ1v) is 9.42. The SMILES string of the molecule is Cc1ccccc1N(c1ccc(COCC2CO2)cc1)c1ccccc1C. The molecule has 0 aromatic heterocycles. The van der Waals surface area contributed by atoms with Crippen LogP contribution in [-0.4, -0.2) is 19.3 Å². The predicted molar refractivity (Wildman–Crippen MR) is 110 cm³/mol. The van der Waals surface area contributed by atoms with E-state index in [9.17, 15) is 0 Å². The molecule has 1 aliphatic heterocycles. The standard InChI is InChI=1S/C24H25NO2/c1-18-7-3-5-9-23(18)25(24-10-6-4-8-19(24)2)21-13-11-20(12-14-21)15-26-16-22-17-27-22/h3-14,22H,15-17H2,1-2H3. The van der Waals surface area contributed by atoms with Gasteiger partial charge < -0.3 is 14.4 Å². The van der Waals surface area contributed by atoms with E-state index in [4.69, 9.17) is 9.47 Å². The highest BCUT2D eigenvalue weighted by atomic mass is 16.6. The van der Waals surface area contributed by atoms with Gasteiger partial charge in [-0.25, -0.2) is 0 Å². The first-order chi connectivity index (χ1) is 13.2. The highest BCUT2D eigenvalue weighted by Crippen LogP contribution is 2.37. The fourth-order valence-corrected chi connectivity index (χ4v) is 3.25.